The molecule has 2 rings (SSSR count). The van der Waals surface area contributed by atoms with Crippen molar-refractivity contribution in [2.24, 2.45) is 0 Å². The first-order chi connectivity index (χ1) is 11.2. The van der Waals surface area contributed by atoms with Crippen molar-refractivity contribution in [3.8, 4) is 0 Å². The Morgan fingerprint density at radius 2 is 1.92 bits per heavy atom. The monoisotopic (exact) mass is 363 g/mol. The number of alkyl halides is 3. The average molecular weight is 363 g/mol. The molecule has 1 aliphatic carbocycles. The summed E-state index contributed by atoms with van der Waals surface area (Å²) in [5, 5.41) is 0. The van der Waals surface area contributed by atoms with Crippen molar-refractivity contribution in [1.82, 2.24) is 4.72 Å². The maximum atomic E-state index is 12.2. The topological polar surface area (TPSA) is 72.5 Å². The molecule has 1 aromatic rings. The van der Waals surface area contributed by atoms with Crippen LogP contribution in [0.2, 0.25) is 0 Å². The Kier molecular flexibility index (Phi) is 5.66. The van der Waals surface area contributed by atoms with Gasteiger partial charge in [0, 0.05) is 0 Å². The highest BCUT2D eigenvalue weighted by atomic mass is 32.2. The van der Waals surface area contributed by atoms with Crippen molar-refractivity contribution >= 4 is 22.0 Å². The van der Waals surface area contributed by atoms with E-state index < -0.39 is 41.7 Å². The third-order valence-corrected chi connectivity index (χ3v) is 4.85. The number of fused-ring (bicyclic) bond motifs is 1. The summed E-state index contributed by atoms with van der Waals surface area (Å²) in [6.07, 6.45) is -2.67. The molecule has 0 saturated carbocycles. The maximum absolute atomic E-state index is 12.2. The quantitative estimate of drug-likeness (QED) is 0.788. The predicted octanol–water partition coefficient (Wildman–Crippen LogP) is 2.39. The highest BCUT2D eigenvalue weighted by molar-refractivity contribution is 7.94. The molecule has 0 fully saturated rings. The fraction of sp³-hybridized carbons (Fsp3) is 0.400. The van der Waals surface area contributed by atoms with E-state index in [0.29, 0.717) is 6.42 Å². The van der Waals surface area contributed by atoms with Crippen LogP contribution in [-0.4, -0.2) is 33.7 Å². The first-order valence-corrected chi connectivity index (χ1v) is 8.64. The van der Waals surface area contributed by atoms with Gasteiger partial charge in [-0.3, -0.25) is 4.79 Å². The summed E-state index contributed by atoms with van der Waals surface area (Å²) in [5.41, 5.74) is 1.79. The second-order valence-corrected chi connectivity index (χ2v) is 6.99. The molecule has 0 atom stereocenters. The number of halogens is 3. The number of carbonyl (C=O) groups excluding carboxylic acids is 1. The Bertz CT molecular complexity index is 741. The van der Waals surface area contributed by atoms with Gasteiger partial charge in [-0.1, -0.05) is 24.3 Å². The molecule has 9 heteroatoms. The van der Waals surface area contributed by atoms with Crippen molar-refractivity contribution in [2.75, 3.05) is 13.2 Å². The molecule has 0 aromatic heterocycles. The average Bonchev–Trinajstić information content (AvgIpc) is 2.50. The zero-order valence-corrected chi connectivity index (χ0v) is 13.4. The van der Waals surface area contributed by atoms with Crippen LogP contribution in [0.1, 0.15) is 24.0 Å². The van der Waals surface area contributed by atoms with Crippen LogP contribution in [0.5, 0.6) is 0 Å². The van der Waals surface area contributed by atoms with Crippen molar-refractivity contribution in [3.05, 3.63) is 40.3 Å². The van der Waals surface area contributed by atoms with E-state index in [1.165, 1.54) is 6.08 Å². The molecule has 0 spiro atoms. The molecule has 1 aromatic carbocycles. The molecule has 0 aliphatic heterocycles. The van der Waals surface area contributed by atoms with Crippen LogP contribution < -0.4 is 4.72 Å². The van der Waals surface area contributed by atoms with Crippen LogP contribution in [0.15, 0.2) is 29.2 Å². The SMILES string of the molecule is O=C(CCOCC(F)(F)F)NS(=O)(=O)C1=Cc2ccccc2CC1. The molecular weight excluding hydrogens is 347 g/mol. The van der Waals surface area contributed by atoms with E-state index in [0.717, 1.165) is 11.1 Å². The van der Waals surface area contributed by atoms with Gasteiger partial charge in [-0.25, -0.2) is 13.1 Å². The molecule has 1 amide bonds. The third kappa shape index (κ3) is 5.34. The van der Waals surface area contributed by atoms with Crippen LogP contribution in [-0.2, 0) is 26.0 Å². The highest BCUT2D eigenvalue weighted by Crippen LogP contribution is 2.26. The number of hydrogen-bond donors (Lipinski definition) is 1. The molecule has 132 valence electrons. The summed E-state index contributed by atoms with van der Waals surface area (Å²) in [5.74, 6) is -0.906. The van der Waals surface area contributed by atoms with E-state index in [-0.39, 0.29) is 11.3 Å². The minimum absolute atomic E-state index is 0.0748. The van der Waals surface area contributed by atoms with Crippen LogP contribution in [0.25, 0.3) is 6.08 Å². The molecule has 1 N–H and O–H groups in total. The summed E-state index contributed by atoms with van der Waals surface area (Å²) in [6, 6.07) is 7.30. The summed E-state index contributed by atoms with van der Waals surface area (Å²) in [6.45, 7) is -1.99. The second-order valence-electron chi connectivity index (χ2n) is 5.26. The smallest absolute Gasteiger partial charge is 0.372 e. The maximum Gasteiger partial charge on any atom is 0.411 e. The molecule has 0 bridgehead atoms. The van der Waals surface area contributed by atoms with Crippen molar-refractivity contribution in [3.63, 3.8) is 0 Å². The zero-order valence-electron chi connectivity index (χ0n) is 12.6. The Balaban J connectivity index is 1.92. The minimum atomic E-state index is -4.48. The van der Waals surface area contributed by atoms with Gasteiger partial charge in [0.1, 0.15) is 6.61 Å². The summed E-state index contributed by atoms with van der Waals surface area (Å²) >= 11 is 0. The Morgan fingerprint density at radius 3 is 2.62 bits per heavy atom. The molecular formula is C15H16F3NO4S. The number of allylic oxidation sites excluding steroid dienone is 1. The van der Waals surface area contributed by atoms with Gasteiger partial charge in [0.25, 0.3) is 10.0 Å². The lowest BCUT2D eigenvalue weighted by molar-refractivity contribution is -0.174. The fourth-order valence-corrected chi connectivity index (χ4v) is 3.42. The molecule has 5 nitrogen and oxygen atoms in total. The number of ether oxygens (including phenoxy) is 1. The van der Waals surface area contributed by atoms with Crippen LogP contribution in [0.4, 0.5) is 13.2 Å². The number of amides is 1. The van der Waals surface area contributed by atoms with Gasteiger partial charge < -0.3 is 4.74 Å². The van der Waals surface area contributed by atoms with E-state index in [1.54, 1.807) is 12.1 Å². The Hall–Kier alpha value is -1.87. The lowest BCUT2D eigenvalue weighted by atomic mass is 9.98. The van der Waals surface area contributed by atoms with E-state index in [2.05, 4.69) is 4.74 Å². The molecule has 0 saturated heterocycles. The van der Waals surface area contributed by atoms with Crippen molar-refractivity contribution < 1.29 is 31.1 Å². The van der Waals surface area contributed by atoms with Crippen LogP contribution in [0.3, 0.4) is 0 Å². The van der Waals surface area contributed by atoms with Crippen LogP contribution in [0, 0.1) is 0 Å². The van der Waals surface area contributed by atoms with Crippen molar-refractivity contribution in [1.29, 1.82) is 0 Å². The number of carbonyl (C=O) groups is 1. The first kappa shape index (κ1) is 18.5. The van der Waals surface area contributed by atoms with Gasteiger partial charge in [0.2, 0.25) is 5.91 Å². The molecule has 0 unspecified atom stereocenters. The first-order valence-electron chi connectivity index (χ1n) is 7.16. The highest BCUT2D eigenvalue weighted by Gasteiger charge is 2.28. The van der Waals surface area contributed by atoms with Gasteiger partial charge in [-0.05, 0) is 30.0 Å². The zero-order chi connectivity index (χ0) is 17.8. The van der Waals surface area contributed by atoms with Crippen LogP contribution >= 0.6 is 0 Å². The van der Waals surface area contributed by atoms with Gasteiger partial charge >= 0.3 is 6.18 Å². The van der Waals surface area contributed by atoms with Gasteiger partial charge in [-0.2, -0.15) is 13.2 Å². The molecule has 0 heterocycles. The molecule has 24 heavy (non-hydrogen) atoms. The summed E-state index contributed by atoms with van der Waals surface area (Å²) < 4.78 is 66.2. The van der Waals surface area contributed by atoms with Gasteiger partial charge in [0.15, 0.2) is 0 Å². The Morgan fingerprint density at radius 1 is 1.21 bits per heavy atom. The Labute approximate surface area is 137 Å². The second kappa shape index (κ2) is 7.35. The molecule has 0 radical (unpaired) electrons. The van der Waals surface area contributed by atoms with Gasteiger partial charge in [0.05, 0.1) is 17.9 Å². The summed E-state index contributed by atoms with van der Waals surface area (Å²) in [4.78, 5) is 11.7. The largest absolute Gasteiger partial charge is 0.411 e. The van der Waals surface area contributed by atoms with E-state index in [4.69, 9.17) is 0 Å². The molecule has 1 aliphatic rings. The predicted molar refractivity (Wildman–Crippen MR) is 81.3 cm³/mol. The lowest BCUT2D eigenvalue weighted by Gasteiger charge is -2.17. The minimum Gasteiger partial charge on any atom is -0.372 e. The number of nitrogens with one attached hydrogen (secondary N) is 1. The lowest BCUT2D eigenvalue weighted by Crippen LogP contribution is -2.33. The fourth-order valence-electron chi connectivity index (χ4n) is 2.24. The number of aryl methyl sites for hydroxylation is 1. The number of sulfonamides is 1. The standard InChI is InChI=1S/C15H16F3NO4S/c16-15(17,18)10-23-8-7-14(20)19-24(21,22)13-6-5-11-3-1-2-4-12(11)9-13/h1-4,9H,5-8,10H2,(H,19,20). The van der Waals surface area contributed by atoms with Gasteiger partial charge in [-0.15, -0.1) is 0 Å². The summed E-state index contributed by atoms with van der Waals surface area (Å²) in [7, 11) is -4.01. The van der Waals surface area contributed by atoms with E-state index in [9.17, 15) is 26.4 Å². The normalized spacial score (nSPS) is 14.7. The van der Waals surface area contributed by atoms with E-state index in [1.807, 2.05) is 16.9 Å². The third-order valence-electron chi connectivity index (χ3n) is 3.34. The van der Waals surface area contributed by atoms with Crippen molar-refractivity contribution in [2.45, 2.75) is 25.4 Å². The number of rotatable bonds is 6. The number of hydrogen-bond acceptors (Lipinski definition) is 4. The van der Waals surface area contributed by atoms with E-state index >= 15 is 0 Å². The number of benzene rings is 1.